The van der Waals surface area contributed by atoms with Crippen LogP contribution in [0, 0.1) is 6.92 Å². The van der Waals surface area contributed by atoms with Gasteiger partial charge in [0.1, 0.15) is 0 Å². The third-order valence-electron chi connectivity index (χ3n) is 5.37. The predicted molar refractivity (Wildman–Crippen MR) is 104 cm³/mol. The molecular weight excluding hydrogens is 362 g/mol. The highest BCUT2D eigenvalue weighted by Gasteiger charge is 2.25. The molecular formula is C19H31N5O4. The van der Waals surface area contributed by atoms with Gasteiger partial charge in [-0.05, 0) is 32.3 Å². The first kappa shape index (κ1) is 21.9. The van der Waals surface area contributed by atoms with Crippen LogP contribution in [-0.4, -0.2) is 81.7 Å². The second kappa shape index (κ2) is 11.4. The molecule has 0 aromatic carbocycles. The summed E-state index contributed by atoms with van der Waals surface area (Å²) in [5.41, 5.74) is 1.09. The predicted octanol–water partition coefficient (Wildman–Crippen LogP) is 0.485. The van der Waals surface area contributed by atoms with Crippen LogP contribution in [0.2, 0.25) is 0 Å². The maximum absolute atomic E-state index is 12.5. The summed E-state index contributed by atoms with van der Waals surface area (Å²) in [5.74, 6) is 0.387. The average Bonchev–Trinajstić information content (AvgIpc) is 2.87. The number of carbonyl (C=O) groups is 3. The summed E-state index contributed by atoms with van der Waals surface area (Å²) in [6.07, 6.45) is 5.84. The first-order valence-corrected chi connectivity index (χ1v) is 9.90. The average molecular weight is 393 g/mol. The van der Waals surface area contributed by atoms with E-state index in [2.05, 4.69) is 15.3 Å². The molecule has 2 aliphatic rings. The summed E-state index contributed by atoms with van der Waals surface area (Å²) in [6, 6.07) is 2.42. The number of hydrogen-bond acceptors (Lipinski definition) is 5. The van der Waals surface area contributed by atoms with Crippen molar-refractivity contribution >= 4 is 18.3 Å². The van der Waals surface area contributed by atoms with Gasteiger partial charge in [-0.1, -0.05) is 0 Å². The van der Waals surface area contributed by atoms with Crippen LogP contribution < -0.4 is 5.32 Å². The molecule has 2 saturated heterocycles. The Morgan fingerprint density at radius 2 is 2.11 bits per heavy atom. The molecule has 9 heteroatoms. The number of aromatic nitrogens is 2. The van der Waals surface area contributed by atoms with Crippen molar-refractivity contribution in [3.8, 4) is 0 Å². The molecule has 3 rings (SSSR count). The van der Waals surface area contributed by atoms with Gasteiger partial charge in [-0.2, -0.15) is 5.10 Å². The lowest BCUT2D eigenvalue weighted by Crippen LogP contribution is -2.40. The van der Waals surface area contributed by atoms with Crippen molar-refractivity contribution < 1.29 is 19.5 Å². The lowest BCUT2D eigenvalue weighted by atomic mass is 10.1. The summed E-state index contributed by atoms with van der Waals surface area (Å²) >= 11 is 0. The van der Waals surface area contributed by atoms with E-state index in [4.69, 9.17) is 9.90 Å². The van der Waals surface area contributed by atoms with E-state index in [9.17, 15) is 9.59 Å². The Morgan fingerprint density at radius 3 is 2.82 bits per heavy atom. The van der Waals surface area contributed by atoms with Gasteiger partial charge >= 0.3 is 0 Å². The molecule has 1 unspecified atom stereocenters. The molecule has 3 heterocycles. The maximum Gasteiger partial charge on any atom is 0.290 e. The smallest absolute Gasteiger partial charge is 0.290 e. The second-order valence-electron chi connectivity index (χ2n) is 7.15. The molecule has 0 spiro atoms. The lowest BCUT2D eigenvalue weighted by Gasteiger charge is -2.29. The van der Waals surface area contributed by atoms with E-state index in [1.165, 1.54) is 0 Å². The van der Waals surface area contributed by atoms with Crippen molar-refractivity contribution in [1.29, 1.82) is 0 Å². The van der Waals surface area contributed by atoms with Gasteiger partial charge in [0.05, 0.1) is 0 Å². The van der Waals surface area contributed by atoms with E-state index in [1.807, 2.05) is 22.6 Å². The quantitative estimate of drug-likeness (QED) is 0.721. The van der Waals surface area contributed by atoms with Crippen LogP contribution in [0.4, 0.5) is 0 Å². The van der Waals surface area contributed by atoms with Crippen LogP contribution in [-0.2, 0) is 20.9 Å². The number of nitrogens with zero attached hydrogens (tertiary/aromatic N) is 4. The first-order chi connectivity index (χ1) is 13.5. The fourth-order valence-electron chi connectivity index (χ4n) is 3.82. The molecule has 1 atom stereocenters. The Balaban J connectivity index is 0.000000878. The Hall–Kier alpha value is -2.42. The number of carbonyl (C=O) groups excluding carboxylic acids is 2. The molecule has 156 valence electrons. The van der Waals surface area contributed by atoms with Crippen molar-refractivity contribution in [2.24, 2.45) is 0 Å². The third kappa shape index (κ3) is 6.63. The summed E-state index contributed by atoms with van der Waals surface area (Å²) in [7, 11) is 0. The Bertz CT molecular complexity index is 648. The van der Waals surface area contributed by atoms with Crippen LogP contribution in [0.1, 0.15) is 37.8 Å². The highest BCUT2D eigenvalue weighted by atomic mass is 16.3. The maximum atomic E-state index is 12.5. The van der Waals surface area contributed by atoms with Gasteiger partial charge in [-0.15, -0.1) is 0 Å². The normalized spacial score (nSPS) is 21.0. The van der Waals surface area contributed by atoms with Crippen LogP contribution in [0.5, 0.6) is 0 Å². The zero-order valence-electron chi connectivity index (χ0n) is 16.5. The standard InChI is InChI=1S/C18H29N5O2.CH2O2/c1-15-5-9-20-23(15)12-7-18(25)22-11-2-10-21(13-14-22)16-3-4-17(24)19-8-6-16;2-1-3/h5,9,16H,2-4,6-8,10-14H2,1H3,(H,19,24);1H,(H,2,3). The number of hydrogen-bond donors (Lipinski definition) is 2. The summed E-state index contributed by atoms with van der Waals surface area (Å²) in [4.78, 5) is 36.9. The van der Waals surface area contributed by atoms with E-state index in [0.717, 1.165) is 57.7 Å². The topological polar surface area (TPSA) is 108 Å². The van der Waals surface area contributed by atoms with Gasteiger partial charge in [0.15, 0.2) is 0 Å². The summed E-state index contributed by atoms with van der Waals surface area (Å²) in [5, 5.41) is 14.1. The second-order valence-corrected chi connectivity index (χ2v) is 7.15. The molecule has 2 N–H and O–H groups in total. The Morgan fingerprint density at radius 1 is 1.32 bits per heavy atom. The van der Waals surface area contributed by atoms with Crippen LogP contribution >= 0.6 is 0 Å². The fourth-order valence-corrected chi connectivity index (χ4v) is 3.82. The molecule has 9 nitrogen and oxygen atoms in total. The fraction of sp³-hybridized carbons (Fsp3) is 0.684. The molecule has 2 amide bonds. The van der Waals surface area contributed by atoms with Crippen molar-refractivity contribution in [1.82, 2.24) is 24.9 Å². The van der Waals surface area contributed by atoms with Gasteiger partial charge in [0.25, 0.3) is 6.47 Å². The Kier molecular flexibility index (Phi) is 8.93. The van der Waals surface area contributed by atoms with Gasteiger partial charge < -0.3 is 15.3 Å². The lowest BCUT2D eigenvalue weighted by molar-refractivity contribution is -0.131. The zero-order chi connectivity index (χ0) is 20.4. The monoisotopic (exact) mass is 393 g/mol. The molecule has 1 aromatic heterocycles. The van der Waals surface area contributed by atoms with E-state index >= 15 is 0 Å². The van der Waals surface area contributed by atoms with Crippen molar-refractivity contribution in [2.75, 3.05) is 32.7 Å². The molecule has 28 heavy (non-hydrogen) atoms. The van der Waals surface area contributed by atoms with Gasteiger partial charge in [0, 0.05) is 70.0 Å². The molecule has 0 saturated carbocycles. The van der Waals surface area contributed by atoms with Crippen molar-refractivity contribution in [3.63, 3.8) is 0 Å². The van der Waals surface area contributed by atoms with E-state index in [0.29, 0.717) is 25.4 Å². The molecule has 1 aromatic rings. The largest absolute Gasteiger partial charge is 0.483 e. The van der Waals surface area contributed by atoms with Gasteiger partial charge in [-0.25, -0.2) is 0 Å². The molecule has 2 aliphatic heterocycles. The van der Waals surface area contributed by atoms with Crippen molar-refractivity contribution in [3.05, 3.63) is 18.0 Å². The number of aryl methyl sites for hydroxylation is 2. The van der Waals surface area contributed by atoms with Crippen molar-refractivity contribution in [2.45, 2.75) is 51.6 Å². The highest BCUT2D eigenvalue weighted by molar-refractivity contribution is 5.76. The van der Waals surface area contributed by atoms with E-state index in [-0.39, 0.29) is 18.3 Å². The van der Waals surface area contributed by atoms with Crippen LogP contribution in [0.25, 0.3) is 0 Å². The summed E-state index contributed by atoms with van der Waals surface area (Å²) < 4.78 is 1.89. The summed E-state index contributed by atoms with van der Waals surface area (Å²) in [6.45, 7) is 6.71. The van der Waals surface area contributed by atoms with Crippen LogP contribution in [0.3, 0.4) is 0 Å². The number of amides is 2. The minimum atomic E-state index is -0.250. The number of nitrogens with one attached hydrogen (secondary N) is 1. The van der Waals surface area contributed by atoms with Crippen LogP contribution in [0.15, 0.2) is 12.3 Å². The van der Waals surface area contributed by atoms with E-state index in [1.54, 1.807) is 6.20 Å². The van der Waals surface area contributed by atoms with Gasteiger partial charge in [-0.3, -0.25) is 24.0 Å². The third-order valence-corrected chi connectivity index (χ3v) is 5.37. The highest BCUT2D eigenvalue weighted by Crippen LogP contribution is 2.17. The Labute approximate surface area is 165 Å². The first-order valence-electron chi connectivity index (χ1n) is 9.90. The molecule has 2 fully saturated rings. The minimum Gasteiger partial charge on any atom is -0.483 e. The number of rotatable bonds is 4. The SMILES string of the molecule is Cc1ccnn1CCC(=O)N1CCCN(C2CCNC(=O)CC2)CC1.O=CO. The van der Waals surface area contributed by atoms with Gasteiger partial charge in [0.2, 0.25) is 11.8 Å². The minimum absolute atomic E-state index is 0.169. The molecule has 0 radical (unpaired) electrons. The molecule has 0 bridgehead atoms. The molecule has 0 aliphatic carbocycles. The number of carboxylic acid groups (broad SMARTS) is 1. The van der Waals surface area contributed by atoms with E-state index < -0.39 is 0 Å². The zero-order valence-corrected chi connectivity index (χ0v) is 16.5.